The number of nitrogens with two attached hydrogens (primary N) is 1. The zero-order chi connectivity index (χ0) is 13.2. The van der Waals surface area contributed by atoms with Crippen LogP contribution in [0.2, 0.25) is 0 Å². The predicted molar refractivity (Wildman–Crippen MR) is 76.1 cm³/mol. The van der Waals surface area contributed by atoms with E-state index >= 15 is 0 Å². The Hall–Kier alpha value is -0.120. The van der Waals surface area contributed by atoms with Crippen molar-refractivity contribution in [3.05, 3.63) is 0 Å². The first-order chi connectivity index (χ1) is 9.20. The lowest BCUT2D eigenvalue weighted by molar-refractivity contribution is -0.152. The van der Waals surface area contributed by atoms with E-state index in [1.807, 2.05) is 0 Å². The van der Waals surface area contributed by atoms with Gasteiger partial charge < -0.3 is 15.2 Å². The summed E-state index contributed by atoms with van der Waals surface area (Å²) in [7, 11) is 0. The van der Waals surface area contributed by atoms with Gasteiger partial charge in [-0.05, 0) is 32.1 Å². The summed E-state index contributed by atoms with van der Waals surface area (Å²) in [6.07, 6.45) is 13.9. The SMILES string of the molecule is NC1(COC2CCOC3(CCCCC3)C2)CCCC1. The van der Waals surface area contributed by atoms with E-state index < -0.39 is 0 Å². The molecule has 2 saturated carbocycles. The van der Waals surface area contributed by atoms with Crippen LogP contribution in [0.25, 0.3) is 0 Å². The molecule has 1 atom stereocenters. The van der Waals surface area contributed by atoms with Crippen LogP contribution < -0.4 is 5.73 Å². The van der Waals surface area contributed by atoms with Gasteiger partial charge in [0, 0.05) is 18.6 Å². The molecule has 3 aliphatic rings. The van der Waals surface area contributed by atoms with E-state index in [4.69, 9.17) is 15.2 Å². The Morgan fingerprint density at radius 3 is 2.42 bits per heavy atom. The van der Waals surface area contributed by atoms with Crippen molar-refractivity contribution < 1.29 is 9.47 Å². The molecule has 3 nitrogen and oxygen atoms in total. The molecule has 19 heavy (non-hydrogen) atoms. The third-order valence-corrected chi connectivity index (χ3v) is 5.42. The molecule has 2 N–H and O–H groups in total. The molecule has 2 aliphatic carbocycles. The minimum Gasteiger partial charge on any atom is -0.376 e. The normalized spacial score (nSPS) is 33.6. The second-order valence-corrected chi connectivity index (χ2v) is 7.09. The van der Waals surface area contributed by atoms with Gasteiger partial charge in [0.15, 0.2) is 0 Å². The van der Waals surface area contributed by atoms with E-state index in [-0.39, 0.29) is 11.1 Å². The van der Waals surface area contributed by atoms with Gasteiger partial charge in [0.05, 0.1) is 18.3 Å². The summed E-state index contributed by atoms with van der Waals surface area (Å²) in [5.41, 5.74) is 6.51. The highest BCUT2D eigenvalue weighted by Gasteiger charge is 2.39. The molecular formula is C16H29NO2. The standard InChI is InChI=1S/C16H29NO2/c17-15(7-4-5-8-15)13-18-14-6-11-19-16(12-14)9-2-1-3-10-16/h14H,1-13,17H2. The van der Waals surface area contributed by atoms with E-state index in [2.05, 4.69) is 0 Å². The lowest BCUT2D eigenvalue weighted by Gasteiger charge is -2.43. The van der Waals surface area contributed by atoms with Crippen LogP contribution in [0.4, 0.5) is 0 Å². The van der Waals surface area contributed by atoms with Crippen LogP contribution in [0.5, 0.6) is 0 Å². The molecule has 1 heterocycles. The first-order valence-corrected chi connectivity index (χ1v) is 8.24. The van der Waals surface area contributed by atoms with E-state index in [0.717, 1.165) is 38.9 Å². The topological polar surface area (TPSA) is 44.5 Å². The zero-order valence-electron chi connectivity index (χ0n) is 12.2. The molecular weight excluding hydrogens is 238 g/mol. The van der Waals surface area contributed by atoms with Crippen molar-refractivity contribution in [3.8, 4) is 0 Å². The van der Waals surface area contributed by atoms with Gasteiger partial charge in [0.2, 0.25) is 0 Å². The van der Waals surface area contributed by atoms with E-state index in [9.17, 15) is 0 Å². The van der Waals surface area contributed by atoms with Gasteiger partial charge in [0.1, 0.15) is 0 Å². The first kappa shape index (κ1) is 13.8. The molecule has 1 unspecified atom stereocenters. The Morgan fingerprint density at radius 1 is 1.00 bits per heavy atom. The minimum absolute atomic E-state index is 0.0297. The molecule has 0 amide bonds. The van der Waals surface area contributed by atoms with Crippen LogP contribution in [0.1, 0.15) is 70.6 Å². The maximum Gasteiger partial charge on any atom is 0.0707 e. The number of hydrogen-bond acceptors (Lipinski definition) is 3. The van der Waals surface area contributed by atoms with Crippen LogP contribution in [0.3, 0.4) is 0 Å². The molecule has 0 aromatic carbocycles. The summed E-state index contributed by atoms with van der Waals surface area (Å²) >= 11 is 0. The Kier molecular flexibility index (Phi) is 4.16. The van der Waals surface area contributed by atoms with Gasteiger partial charge in [-0.15, -0.1) is 0 Å². The second kappa shape index (κ2) is 5.71. The maximum absolute atomic E-state index is 6.39. The molecule has 3 heteroatoms. The number of ether oxygens (including phenoxy) is 2. The Balaban J connectivity index is 1.50. The van der Waals surface area contributed by atoms with E-state index in [1.165, 1.54) is 44.9 Å². The van der Waals surface area contributed by atoms with Crippen molar-refractivity contribution in [2.75, 3.05) is 13.2 Å². The molecule has 1 spiro atoms. The van der Waals surface area contributed by atoms with Crippen molar-refractivity contribution in [2.45, 2.75) is 87.9 Å². The van der Waals surface area contributed by atoms with Crippen LogP contribution >= 0.6 is 0 Å². The monoisotopic (exact) mass is 267 g/mol. The highest BCUT2D eigenvalue weighted by Crippen LogP contribution is 2.39. The Bertz CT molecular complexity index is 288. The fourth-order valence-corrected chi connectivity index (χ4v) is 4.18. The molecule has 110 valence electrons. The maximum atomic E-state index is 6.39. The Labute approximate surface area is 117 Å². The zero-order valence-corrected chi connectivity index (χ0v) is 12.2. The fourth-order valence-electron chi connectivity index (χ4n) is 4.18. The summed E-state index contributed by atoms with van der Waals surface area (Å²) in [4.78, 5) is 0. The van der Waals surface area contributed by atoms with Crippen molar-refractivity contribution in [2.24, 2.45) is 5.73 Å². The van der Waals surface area contributed by atoms with Crippen molar-refractivity contribution in [1.82, 2.24) is 0 Å². The van der Waals surface area contributed by atoms with Gasteiger partial charge in [-0.1, -0.05) is 32.1 Å². The van der Waals surface area contributed by atoms with Crippen LogP contribution in [0.15, 0.2) is 0 Å². The summed E-state index contributed by atoms with van der Waals surface area (Å²) < 4.78 is 12.3. The van der Waals surface area contributed by atoms with Gasteiger partial charge in [0.25, 0.3) is 0 Å². The number of rotatable bonds is 3. The van der Waals surface area contributed by atoms with Crippen molar-refractivity contribution >= 4 is 0 Å². The third kappa shape index (κ3) is 3.32. The minimum atomic E-state index is -0.0297. The average molecular weight is 267 g/mol. The molecule has 0 radical (unpaired) electrons. The van der Waals surface area contributed by atoms with Crippen LogP contribution in [-0.4, -0.2) is 30.5 Å². The molecule has 0 bridgehead atoms. The summed E-state index contributed by atoms with van der Waals surface area (Å²) in [5.74, 6) is 0. The summed E-state index contributed by atoms with van der Waals surface area (Å²) in [5, 5.41) is 0. The van der Waals surface area contributed by atoms with E-state index in [0.29, 0.717) is 6.10 Å². The van der Waals surface area contributed by atoms with Crippen molar-refractivity contribution in [1.29, 1.82) is 0 Å². The molecule has 1 saturated heterocycles. The molecule has 0 aromatic rings. The number of hydrogen-bond donors (Lipinski definition) is 1. The van der Waals surface area contributed by atoms with Gasteiger partial charge >= 0.3 is 0 Å². The van der Waals surface area contributed by atoms with Crippen LogP contribution in [-0.2, 0) is 9.47 Å². The highest BCUT2D eigenvalue weighted by atomic mass is 16.5. The van der Waals surface area contributed by atoms with Crippen LogP contribution in [0, 0.1) is 0 Å². The summed E-state index contributed by atoms with van der Waals surface area (Å²) in [6, 6.07) is 0. The second-order valence-electron chi connectivity index (χ2n) is 7.09. The van der Waals surface area contributed by atoms with Gasteiger partial charge in [-0.2, -0.15) is 0 Å². The predicted octanol–water partition coefficient (Wildman–Crippen LogP) is 3.16. The highest BCUT2D eigenvalue weighted by molar-refractivity contribution is 4.92. The summed E-state index contributed by atoms with van der Waals surface area (Å²) in [6.45, 7) is 1.63. The molecule has 0 aromatic heterocycles. The quantitative estimate of drug-likeness (QED) is 0.854. The fraction of sp³-hybridized carbons (Fsp3) is 1.00. The molecule has 3 fully saturated rings. The lowest BCUT2D eigenvalue weighted by atomic mass is 9.79. The molecule has 3 rings (SSSR count). The third-order valence-electron chi connectivity index (χ3n) is 5.42. The van der Waals surface area contributed by atoms with Gasteiger partial charge in [-0.25, -0.2) is 0 Å². The Morgan fingerprint density at radius 2 is 1.68 bits per heavy atom. The largest absolute Gasteiger partial charge is 0.376 e. The average Bonchev–Trinajstić information content (AvgIpc) is 2.85. The lowest BCUT2D eigenvalue weighted by Crippen LogP contribution is -2.47. The smallest absolute Gasteiger partial charge is 0.0707 e. The first-order valence-electron chi connectivity index (χ1n) is 8.24. The molecule has 1 aliphatic heterocycles. The van der Waals surface area contributed by atoms with Crippen molar-refractivity contribution in [3.63, 3.8) is 0 Å². The van der Waals surface area contributed by atoms with E-state index in [1.54, 1.807) is 0 Å². The van der Waals surface area contributed by atoms with Gasteiger partial charge in [-0.3, -0.25) is 0 Å².